The number of hydrogen-bond donors (Lipinski definition) is 0. The van der Waals surface area contributed by atoms with Gasteiger partial charge in [-0.1, -0.05) is 13.8 Å². The highest BCUT2D eigenvalue weighted by atomic mass is 16.5. The van der Waals surface area contributed by atoms with Crippen LogP contribution in [0.4, 0.5) is 0 Å². The summed E-state index contributed by atoms with van der Waals surface area (Å²) in [7, 11) is 0. The molecule has 0 aromatic carbocycles. The molecule has 2 saturated heterocycles. The Labute approximate surface area is 173 Å². The topological polar surface area (TPSA) is 75.6 Å². The number of carbonyl (C=O) groups excluding carboxylic acids is 2. The van der Waals surface area contributed by atoms with Crippen molar-refractivity contribution in [2.75, 3.05) is 32.8 Å². The molecule has 7 nitrogen and oxygen atoms in total. The second kappa shape index (κ2) is 10.1. The van der Waals surface area contributed by atoms with Crippen LogP contribution >= 0.6 is 0 Å². The summed E-state index contributed by atoms with van der Waals surface area (Å²) in [6.07, 6.45) is 10.1. The number of rotatable bonds is 7. The van der Waals surface area contributed by atoms with Crippen molar-refractivity contribution in [2.24, 2.45) is 5.92 Å². The zero-order valence-corrected chi connectivity index (χ0v) is 17.8. The van der Waals surface area contributed by atoms with Gasteiger partial charge in [0, 0.05) is 51.2 Å². The lowest BCUT2D eigenvalue weighted by atomic mass is 9.87. The molecule has 0 bridgehead atoms. The molecule has 2 aliphatic heterocycles. The summed E-state index contributed by atoms with van der Waals surface area (Å²) in [6, 6.07) is 0. The summed E-state index contributed by atoms with van der Waals surface area (Å²) in [6.45, 7) is 7.83. The highest BCUT2D eigenvalue weighted by Crippen LogP contribution is 2.32. The van der Waals surface area contributed by atoms with Gasteiger partial charge in [0.1, 0.15) is 0 Å². The largest absolute Gasteiger partial charge is 0.372 e. The lowest BCUT2D eigenvalue weighted by Crippen LogP contribution is -2.49. The van der Waals surface area contributed by atoms with Gasteiger partial charge in [-0.25, -0.2) is 0 Å². The van der Waals surface area contributed by atoms with E-state index >= 15 is 0 Å². The molecule has 3 heterocycles. The van der Waals surface area contributed by atoms with Crippen molar-refractivity contribution in [1.29, 1.82) is 0 Å². The molecule has 2 amide bonds. The Morgan fingerprint density at radius 1 is 1.24 bits per heavy atom. The molecule has 0 aliphatic carbocycles. The minimum absolute atomic E-state index is 0.140. The third-order valence-electron chi connectivity index (χ3n) is 6.04. The average molecular weight is 403 g/mol. The van der Waals surface area contributed by atoms with Crippen LogP contribution in [0, 0.1) is 5.92 Å². The van der Waals surface area contributed by atoms with E-state index in [4.69, 9.17) is 4.74 Å². The van der Waals surface area contributed by atoms with Crippen molar-refractivity contribution >= 4 is 11.8 Å². The maximum atomic E-state index is 12.8. The van der Waals surface area contributed by atoms with E-state index in [0.717, 1.165) is 37.9 Å². The molecule has 0 radical (unpaired) electrons. The first-order valence-electron chi connectivity index (χ1n) is 10.9. The van der Waals surface area contributed by atoms with Gasteiger partial charge in [0.25, 0.3) is 0 Å². The molecule has 29 heavy (non-hydrogen) atoms. The lowest BCUT2D eigenvalue weighted by Gasteiger charge is -2.40. The summed E-state index contributed by atoms with van der Waals surface area (Å²) < 4.78 is 6.20. The van der Waals surface area contributed by atoms with Crippen molar-refractivity contribution in [2.45, 2.75) is 64.4 Å². The van der Waals surface area contributed by atoms with Crippen LogP contribution in [-0.2, 0) is 20.7 Å². The first kappa shape index (κ1) is 21.7. The molecule has 0 N–H and O–H groups in total. The molecule has 1 aromatic rings. The van der Waals surface area contributed by atoms with Crippen LogP contribution in [-0.4, -0.2) is 70.0 Å². The number of aromatic nitrogens is 2. The van der Waals surface area contributed by atoms with Crippen LogP contribution < -0.4 is 0 Å². The standard InChI is InChI=1S/C22H34N4O3/c1-18(2)4-3-11-25-14-15-29-22(16-21(25)28)7-12-26(13-8-22)20(27)6-5-19-17-23-9-10-24-19/h9-10,17-18H,3-8,11-16H2,1-2H3. The van der Waals surface area contributed by atoms with E-state index in [0.29, 0.717) is 51.4 Å². The molecule has 0 atom stereocenters. The molecule has 160 valence electrons. The van der Waals surface area contributed by atoms with E-state index in [-0.39, 0.29) is 11.8 Å². The first-order chi connectivity index (χ1) is 14.0. The van der Waals surface area contributed by atoms with Gasteiger partial charge in [0.2, 0.25) is 11.8 Å². The summed E-state index contributed by atoms with van der Waals surface area (Å²) in [5.74, 6) is 1.00. The zero-order chi connectivity index (χ0) is 20.7. The minimum Gasteiger partial charge on any atom is -0.372 e. The molecule has 1 spiro atoms. The Kier molecular flexibility index (Phi) is 7.58. The fourth-order valence-electron chi connectivity index (χ4n) is 4.20. The summed E-state index contributed by atoms with van der Waals surface area (Å²) in [5, 5.41) is 0. The Balaban J connectivity index is 1.46. The van der Waals surface area contributed by atoms with Crippen molar-refractivity contribution in [3.63, 3.8) is 0 Å². The van der Waals surface area contributed by atoms with Crippen LogP contribution in [0.25, 0.3) is 0 Å². The maximum absolute atomic E-state index is 12.8. The van der Waals surface area contributed by atoms with E-state index in [1.165, 1.54) is 0 Å². The van der Waals surface area contributed by atoms with Gasteiger partial charge in [-0.2, -0.15) is 0 Å². The number of amides is 2. The van der Waals surface area contributed by atoms with Gasteiger partial charge < -0.3 is 14.5 Å². The molecule has 2 fully saturated rings. The van der Waals surface area contributed by atoms with E-state index < -0.39 is 5.60 Å². The van der Waals surface area contributed by atoms with Crippen molar-refractivity contribution in [3.05, 3.63) is 24.3 Å². The number of nitrogens with zero attached hydrogens (tertiary/aromatic N) is 4. The molecule has 1 aromatic heterocycles. The molecule has 2 aliphatic rings. The fourth-order valence-corrected chi connectivity index (χ4v) is 4.20. The fraction of sp³-hybridized carbons (Fsp3) is 0.727. The Bertz CT molecular complexity index is 672. The average Bonchev–Trinajstić information content (AvgIpc) is 2.86. The van der Waals surface area contributed by atoms with Crippen LogP contribution in [0.15, 0.2) is 18.6 Å². The Hall–Kier alpha value is -2.02. The molecular weight excluding hydrogens is 368 g/mol. The number of likely N-dealkylation sites (tertiary alicyclic amines) is 1. The predicted octanol–water partition coefficient (Wildman–Crippen LogP) is 2.46. The summed E-state index contributed by atoms with van der Waals surface area (Å²) in [5.41, 5.74) is 0.440. The smallest absolute Gasteiger partial charge is 0.225 e. The number of hydrogen-bond acceptors (Lipinski definition) is 5. The van der Waals surface area contributed by atoms with Gasteiger partial charge in [0.15, 0.2) is 0 Å². The van der Waals surface area contributed by atoms with Gasteiger partial charge >= 0.3 is 0 Å². The van der Waals surface area contributed by atoms with Gasteiger partial charge in [-0.15, -0.1) is 0 Å². The first-order valence-corrected chi connectivity index (χ1v) is 10.9. The normalized spacial score (nSPS) is 19.6. The molecule has 0 saturated carbocycles. The zero-order valence-electron chi connectivity index (χ0n) is 17.8. The van der Waals surface area contributed by atoms with Gasteiger partial charge in [-0.3, -0.25) is 19.6 Å². The van der Waals surface area contributed by atoms with Crippen LogP contribution in [0.2, 0.25) is 0 Å². The summed E-state index contributed by atoms with van der Waals surface area (Å²) >= 11 is 0. The van der Waals surface area contributed by atoms with E-state index in [1.54, 1.807) is 18.6 Å². The van der Waals surface area contributed by atoms with Gasteiger partial charge in [0.05, 0.1) is 24.3 Å². The SMILES string of the molecule is CC(C)CCCN1CCOC2(CCN(C(=O)CCc3cnccn3)CC2)CC1=O. The molecular formula is C22H34N4O3. The maximum Gasteiger partial charge on any atom is 0.225 e. The highest BCUT2D eigenvalue weighted by Gasteiger charge is 2.41. The third kappa shape index (κ3) is 6.23. The quantitative estimate of drug-likeness (QED) is 0.700. The van der Waals surface area contributed by atoms with Crippen molar-refractivity contribution in [1.82, 2.24) is 19.8 Å². The second-order valence-corrected chi connectivity index (χ2v) is 8.70. The molecule has 7 heteroatoms. The van der Waals surface area contributed by atoms with E-state index in [9.17, 15) is 9.59 Å². The Morgan fingerprint density at radius 2 is 2.03 bits per heavy atom. The number of carbonyl (C=O) groups is 2. The van der Waals surface area contributed by atoms with Crippen LogP contribution in [0.1, 0.15) is 58.1 Å². The van der Waals surface area contributed by atoms with Crippen LogP contribution in [0.3, 0.4) is 0 Å². The van der Waals surface area contributed by atoms with Crippen molar-refractivity contribution < 1.29 is 14.3 Å². The van der Waals surface area contributed by atoms with Gasteiger partial charge in [-0.05, 0) is 38.0 Å². The van der Waals surface area contributed by atoms with Crippen LogP contribution in [0.5, 0.6) is 0 Å². The van der Waals surface area contributed by atoms with Crippen molar-refractivity contribution in [3.8, 4) is 0 Å². The lowest BCUT2D eigenvalue weighted by molar-refractivity contribution is -0.141. The highest BCUT2D eigenvalue weighted by molar-refractivity contribution is 5.78. The van der Waals surface area contributed by atoms with E-state index in [2.05, 4.69) is 23.8 Å². The monoisotopic (exact) mass is 402 g/mol. The van der Waals surface area contributed by atoms with E-state index in [1.807, 2.05) is 9.80 Å². The minimum atomic E-state index is -0.397. The second-order valence-electron chi connectivity index (χ2n) is 8.70. The molecule has 3 rings (SSSR count). The predicted molar refractivity (Wildman–Crippen MR) is 110 cm³/mol. The number of aryl methyl sites for hydroxylation is 1. The third-order valence-corrected chi connectivity index (χ3v) is 6.04. The number of piperidine rings is 1. The molecule has 0 unspecified atom stereocenters. The summed E-state index contributed by atoms with van der Waals surface area (Å²) in [4.78, 5) is 37.5. The number of ether oxygens (including phenoxy) is 1. The Morgan fingerprint density at radius 3 is 2.72 bits per heavy atom.